The summed E-state index contributed by atoms with van der Waals surface area (Å²) in [7, 11) is 2.14. The standard InChI is InChI=1S/C28H32N8O3/c1-4-12-35-26(37)21-17-29-27(30-19-6-8-20(9-7-19)34-15-13-33(3)14-16-34)32-25(21)36(35)23-11-10-22-24(31-23)28(38,5-2)18-39-22/h4,6-11,17,38H,1,5,12-16,18H2,2-3H3,(H,29,30,32). The minimum absolute atomic E-state index is 0.144. The van der Waals surface area contributed by atoms with E-state index in [1.807, 2.05) is 19.1 Å². The molecule has 39 heavy (non-hydrogen) atoms. The Morgan fingerprint density at radius 1 is 1.13 bits per heavy atom. The molecule has 5 heterocycles. The second-order valence-electron chi connectivity index (χ2n) is 10.1. The Morgan fingerprint density at radius 2 is 1.90 bits per heavy atom. The van der Waals surface area contributed by atoms with E-state index in [0.29, 0.717) is 40.7 Å². The van der Waals surface area contributed by atoms with Gasteiger partial charge in [-0.05, 0) is 49.9 Å². The van der Waals surface area contributed by atoms with E-state index in [-0.39, 0.29) is 18.7 Å². The Morgan fingerprint density at radius 3 is 2.62 bits per heavy atom. The number of ether oxygens (including phenoxy) is 1. The molecule has 0 bridgehead atoms. The van der Waals surface area contributed by atoms with Crippen molar-refractivity contribution in [3.8, 4) is 11.6 Å². The monoisotopic (exact) mass is 528 g/mol. The van der Waals surface area contributed by atoms with Crippen LogP contribution in [0.1, 0.15) is 19.0 Å². The predicted octanol–water partition coefficient (Wildman–Crippen LogP) is 2.65. The predicted molar refractivity (Wildman–Crippen MR) is 150 cm³/mol. The van der Waals surface area contributed by atoms with E-state index >= 15 is 0 Å². The summed E-state index contributed by atoms with van der Waals surface area (Å²) in [6, 6.07) is 11.7. The van der Waals surface area contributed by atoms with E-state index in [1.54, 1.807) is 22.9 Å². The van der Waals surface area contributed by atoms with E-state index in [0.717, 1.165) is 31.9 Å². The van der Waals surface area contributed by atoms with Crippen LogP contribution in [-0.4, -0.2) is 74.2 Å². The second-order valence-corrected chi connectivity index (χ2v) is 10.1. The third-order valence-electron chi connectivity index (χ3n) is 7.52. The van der Waals surface area contributed by atoms with Crippen molar-refractivity contribution in [2.75, 3.05) is 50.1 Å². The molecule has 0 amide bonds. The molecule has 0 spiro atoms. The van der Waals surface area contributed by atoms with Gasteiger partial charge < -0.3 is 25.0 Å². The first-order valence-corrected chi connectivity index (χ1v) is 13.2. The highest BCUT2D eigenvalue weighted by Gasteiger charge is 2.39. The van der Waals surface area contributed by atoms with Crippen LogP contribution in [0.25, 0.3) is 16.9 Å². The molecule has 11 heteroatoms. The smallest absolute Gasteiger partial charge is 0.278 e. The number of hydrogen-bond acceptors (Lipinski definition) is 9. The Labute approximate surface area is 226 Å². The maximum Gasteiger partial charge on any atom is 0.278 e. The van der Waals surface area contributed by atoms with E-state index in [2.05, 4.69) is 45.9 Å². The number of hydrogen-bond donors (Lipinski definition) is 2. The van der Waals surface area contributed by atoms with Gasteiger partial charge in [0.25, 0.3) is 5.56 Å². The quantitative estimate of drug-likeness (QED) is 0.350. The molecule has 202 valence electrons. The molecule has 1 aromatic carbocycles. The number of pyridine rings is 1. The Balaban J connectivity index is 1.36. The number of allylic oxidation sites excluding steroid dienone is 1. The van der Waals surface area contributed by atoms with Gasteiger partial charge in [0.2, 0.25) is 5.95 Å². The number of piperazine rings is 1. The third-order valence-corrected chi connectivity index (χ3v) is 7.52. The van der Waals surface area contributed by atoms with Crippen LogP contribution < -0.4 is 20.5 Å². The molecule has 2 aliphatic rings. The van der Waals surface area contributed by atoms with Gasteiger partial charge in [0.15, 0.2) is 11.5 Å². The summed E-state index contributed by atoms with van der Waals surface area (Å²) in [5, 5.41) is 14.6. The fourth-order valence-electron chi connectivity index (χ4n) is 5.10. The number of rotatable bonds is 7. The average molecular weight is 529 g/mol. The van der Waals surface area contributed by atoms with Gasteiger partial charge in [-0.15, -0.1) is 6.58 Å². The summed E-state index contributed by atoms with van der Waals surface area (Å²) < 4.78 is 8.82. The van der Waals surface area contributed by atoms with Crippen LogP contribution in [0.4, 0.5) is 17.3 Å². The number of anilines is 3. The Hall–Kier alpha value is -4.22. The van der Waals surface area contributed by atoms with Gasteiger partial charge in [-0.1, -0.05) is 13.0 Å². The zero-order chi connectivity index (χ0) is 27.1. The van der Waals surface area contributed by atoms with Crippen molar-refractivity contribution in [3.63, 3.8) is 0 Å². The summed E-state index contributed by atoms with van der Waals surface area (Å²) in [4.78, 5) is 31.9. The summed E-state index contributed by atoms with van der Waals surface area (Å²) in [6.07, 6.45) is 3.62. The van der Waals surface area contributed by atoms with E-state index in [1.165, 1.54) is 16.6 Å². The molecule has 0 aliphatic carbocycles. The van der Waals surface area contributed by atoms with Crippen LogP contribution in [0.15, 0.2) is 60.0 Å². The van der Waals surface area contributed by atoms with Crippen molar-refractivity contribution >= 4 is 28.4 Å². The zero-order valence-corrected chi connectivity index (χ0v) is 22.2. The third kappa shape index (κ3) is 4.43. The first-order chi connectivity index (χ1) is 18.9. The molecule has 11 nitrogen and oxygen atoms in total. The number of nitrogens with one attached hydrogen (secondary N) is 1. The molecule has 1 saturated heterocycles. The van der Waals surface area contributed by atoms with Crippen molar-refractivity contribution in [3.05, 3.63) is 71.3 Å². The summed E-state index contributed by atoms with van der Waals surface area (Å²) in [5.41, 5.74) is 1.44. The number of aliphatic hydroxyl groups is 1. The minimum Gasteiger partial charge on any atom is -0.488 e. The van der Waals surface area contributed by atoms with Crippen LogP contribution in [0.5, 0.6) is 5.75 Å². The van der Waals surface area contributed by atoms with Gasteiger partial charge in [0, 0.05) is 43.8 Å². The first kappa shape index (κ1) is 25.1. The van der Waals surface area contributed by atoms with Crippen LogP contribution in [0.2, 0.25) is 0 Å². The number of aromatic nitrogens is 5. The Bertz CT molecular complexity index is 1590. The number of nitrogens with zero attached hydrogens (tertiary/aromatic N) is 7. The highest BCUT2D eigenvalue weighted by atomic mass is 16.5. The summed E-state index contributed by atoms with van der Waals surface area (Å²) >= 11 is 0. The lowest BCUT2D eigenvalue weighted by molar-refractivity contribution is 0.01000. The molecule has 2 N–H and O–H groups in total. The number of fused-ring (bicyclic) bond motifs is 2. The van der Waals surface area contributed by atoms with E-state index < -0.39 is 5.60 Å². The molecule has 0 radical (unpaired) electrons. The van der Waals surface area contributed by atoms with Crippen LogP contribution in [0, 0.1) is 0 Å². The fourth-order valence-corrected chi connectivity index (χ4v) is 5.10. The maximum atomic E-state index is 13.3. The second kappa shape index (κ2) is 9.83. The normalized spacial score (nSPS) is 19.2. The first-order valence-electron chi connectivity index (χ1n) is 13.2. The SMILES string of the molecule is C=CCn1c(=O)c2cnc(Nc3ccc(N4CCN(C)CC4)cc3)nc2n1-c1ccc2c(n1)C(O)(CC)CO2. The molecule has 1 atom stereocenters. The fraction of sp³-hybridized carbons (Fsp3) is 0.357. The van der Waals surface area contributed by atoms with Crippen molar-refractivity contribution in [1.29, 1.82) is 0 Å². The Kier molecular flexibility index (Phi) is 6.32. The van der Waals surface area contributed by atoms with Crippen molar-refractivity contribution in [2.45, 2.75) is 25.5 Å². The lowest BCUT2D eigenvalue weighted by Crippen LogP contribution is -2.44. The molecular formula is C28H32N8O3. The maximum absolute atomic E-state index is 13.3. The molecule has 0 saturated carbocycles. The largest absolute Gasteiger partial charge is 0.488 e. The van der Waals surface area contributed by atoms with Gasteiger partial charge in [-0.25, -0.2) is 19.3 Å². The van der Waals surface area contributed by atoms with Gasteiger partial charge in [0.1, 0.15) is 29.0 Å². The van der Waals surface area contributed by atoms with Gasteiger partial charge in [-0.2, -0.15) is 4.98 Å². The molecule has 3 aromatic heterocycles. The van der Waals surface area contributed by atoms with Crippen LogP contribution in [0.3, 0.4) is 0 Å². The van der Waals surface area contributed by atoms with Gasteiger partial charge in [-0.3, -0.25) is 4.79 Å². The molecule has 1 fully saturated rings. The van der Waals surface area contributed by atoms with E-state index in [4.69, 9.17) is 14.7 Å². The number of likely N-dealkylation sites (N-methyl/N-ethyl adjacent to an activating group) is 1. The van der Waals surface area contributed by atoms with Gasteiger partial charge in [0.05, 0.1) is 6.54 Å². The number of benzene rings is 1. The summed E-state index contributed by atoms with van der Waals surface area (Å²) in [5.74, 6) is 1.34. The van der Waals surface area contributed by atoms with Crippen molar-refractivity contribution < 1.29 is 9.84 Å². The van der Waals surface area contributed by atoms with Gasteiger partial charge >= 0.3 is 0 Å². The average Bonchev–Trinajstić information content (AvgIpc) is 3.43. The van der Waals surface area contributed by atoms with Crippen LogP contribution >= 0.6 is 0 Å². The minimum atomic E-state index is -1.18. The lowest BCUT2D eigenvalue weighted by atomic mass is 9.98. The molecular weight excluding hydrogens is 496 g/mol. The highest BCUT2D eigenvalue weighted by molar-refractivity contribution is 5.77. The molecule has 1 unspecified atom stereocenters. The van der Waals surface area contributed by atoms with E-state index in [9.17, 15) is 9.90 Å². The topological polar surface area (TPSA) is 114 Å². The highest BCUT2D eigenvalue weighted by Crippen LogP contribution is 2.38. The summed E-state index contributed by atoms with van der Waals surface area (Å²) in [6.45, 7) is 10.2. The molecule has 6 rings (SSSR count). The van der Waals surface area contributed by atoms with Crippen LogP contribution in [-0.2, 0) is 12.1 Å². The van der Waals surface area contributed by atoms with Crippen molar-refractivity contribution in [1.82, 2.24) is 29.2 Å². The lowest BCUT2D eigenvalue weighted by Gasteiger charge is -2.34. The molecule has 2 aliphatic heterocycles. The molecule has 4 aromatic rings. The van der Waals surface area contributed by atoms with Crippen molar-refractivity contribution in [2.24, 2.45) is 0 Å². The zero-order valence-electron chi connectivity index (χ0n) is 22.2.